The van der Waals surface area contributed by atoms with Crippen LogP contribution in [0.1, 0.15) is 24.5 Å². The topological polar surface area (TPSA) is 70.1 Å². The maximum Gasteiger partial charge on any atom is 0.224 e. The third kappa shape index (κ3) is 3.45. The molecule has 1 aromatic heterocycles. The molecule has 0 radical (unpaired) electrons. The molecule has 0 bridgehead atoms. The van der Waals surface area contributed by atoms with Gasteiger partial charge in [0.05, 0.1) is 23.0 Å². The molecule has 0 aliphatic heterocycles. The molecular weight excluding hydrogens is 307 g/mol. The van der Waals surface area contributed by atoms with Crippen molar-refractivity contribution in [1.82, 2.24) is 9.97 Å². The van der Waals surface area contributed by atoms with Crippen LogP contribution in [0.4, 0.5) is 21.8 Å². The van der Waals surface area contributed by atoms with Crippen LogP contribution in [-0.4, -0.2) is 28.2 Å². The maximum absolute atomic E-state index is 13.9. The Balaban J connectivity index is 1.90. The van der Waals surface area contributed by atoms with Gasteiger partial charge in [0.1, 0.15) is 11.6 Å². The zero-order valence-corrected chi connectivity index (χ0v) is 12.6. The van der Waals surface area contributed by atoms with Gasteiger partial charge in [-0.25, -0.2) is 9.37 Å². The number of aliphatic hydroxyl groups excluding tert-OH is 1. The number of aliphatic hydroxyl groups is 1. The van der Waals surface area contributed by atoms with Gasteiger partial charge in [-0.3, -0.25) is 0 Å². The van der Waals surface area contributed by atoms with E-state index in [1.165, 1.54) is 6.07 Å². The Morgan fingerprint density at radius 3 is 2.82 bits per heavy atom. The predicted octanol–water partition coefficient (Wildman–Crippen LogP) is 3.29. The van der Waals surface area contributed by atoms with Gasteiger partial charge in [0.2, 0.25) is 5.95 Å². The Morgan fingerprint density at radius 2 is 2.14 bits per heavy atom. The summed E-state index contributed by atoms with van der Waals surface area (Å²) in [4.78, 5) is 8.71. The molecular formula is C15H16ClFN4O. The van der Waals surface area contributed by atoms with Crippen LogP contribution in [-0.2, 0) is 0 Å². The van der Waals surface area contributed by atoms with Crippen molar-refractivity contribution in [2.45, 2.75) is 18.8 Å². The Hall–Kier alpha value is -1.92. The normalized spacial score (nSPS) is 14.0. The van der Waals surface area contributed by atoms with E-state index in [0.717, 1.165) is 18.5 Å². The summed E-state index contributed by atoms with van der Waals surface area (Å²) in [5.41, 5.74) is 1.10. The smallest absolute Gasteiger partial charge is 0.224 e. The quantitative estimate of drug-likeness (QED) is 0.761. The summed E-state index contributed by atoms with van der Waals surface area (Å²) in [7, 11) is 0. The molecule has 1 heterocycles. The first-order valence-electron chi connectivity index (χ1n) is 7.12. The zero-order chi connectivity index (χ0) is 15.5. The second-order valence-electron chi connectivity index (χ2n) is 5.15. The summed E-state index contributed by atoms with van der Waals surface area (Å²) in [6.07, 6.45) is 2.19. The van der Waals surface area contributed by atoms with E-state index in [1.54, 1.807) is 12.1 Å². The molecule has 3 N–H and O–H groups in total. The average molecular weight is 323 g/mol. The summed E-state index contributed by atoms with van der Waals surface area (Å²) < 4.78 is 13.9. The fourth-order valence-corrected chi connectivity index (χ4v) is 2.32. The Labute approximate surface area is 132 Å². The largest absolute Gasteiger partial charge is 0.395 e. The van der Waals surface area contributed by atoms with Crippen molar-refractivity contribution in [1.29, 1.82) is 0 Å². The van der Waals surface area contributed by atoms with E-state index in [4.69, 9.17) is 16.7 Å². The van der Waals surface area contributed by atoms with Crippen LogP contribution in [0.3, 0.4) is 0 Å². The second-order valence-corrected chi connectivity index (χ2v) is 5.56. The summed E-state index contributed by atoms with van der Waals surface area (Å²) in [6, 6.07) is 6.31. The second kappa shape index (κ2) is 6.46. The van der Waals surface area contributed by atoms with E-state index >= 15 is 0 Å². The SMILES string of the molecule is OCCNc1nc(Nc2c(F)cccc2Cl)cc(C2CC2)n1. The number of halogens is 2. The van der Waals surface area contributed by atoms with Crippen LogP contribution < -0.4 is 10.6 Å². The molecule has 116 valence electrons. The molecule has 5 nitrogen and oxygen atoms in total. The van der Waals surface area contributed by atoms with Gasteiger partial charge in [-0.1, -0.05) is 17.7 Å². The standard InChI is InChI=1S/C15H16ClFN4O/c16-10-2-1-3-11(17)14(10)20-13-8-12(9-4-5-9)19-15(21-13)18-6-7-22/h1-3,8-9,22H,4-7H2,(H2,18,19,20,21). The number of anilines is 3. The van der Waals surface area contributed by atoms with E-state index in [9.17, 15) is 4.39 Å². The highest BCUT2D eigenvalue weighted by atomic mass is 35.5. The van der Waals surface area contributed by atoms with Gasteiger partial charge in [-0.05, 0) is 25.0 Å². The van der Waals surface area contributed by atoms with Crippen molar-refractivity contribution in [2.24, 2.45) is 0 Å². The lowest BCUT2D eigenvalue weighted by Gasteiger charge is -2.12. The van der Waals surface area contributed by atoms with E-state index in [0.29, 0.717) is 24.2 Å². The van der Waals surface area contributed by atoms with Crippen molar-refractivity contribution < 1.29 is 9.50 Å². The molecule has 22 heavy (non-hydrogen) atoms. The van der Waals surface area contributed by atoms with Crippen molar-refractivity contribution in [3.05, 3.63) is 40.8 Å². The molecule has 0 spiro atoms. The number of aromatic nitrogens is 2. The first-order chi connectivity index (χ1) is 10.7. The first kappa shape index (κ1) is 15.0. The third-order valence-corrected chi connectivity index (χ3v) is 3.67. The number of para-hydroxylation sites is 1. The number of nitrogens with one attached hydrogen (secondary N) is 2. The van der Waals surface area contributed by atoms with Crippen molar-refractivity contribution in [2.75, 3.05) is 23.8 Å². The third-order valence-electron chi connectivity index (χ3n) is 3.35. The Bertz CT molecular complexity index is 658. The van der Waals surface area contributed by atoms with Crippen LogP contribution >= 0.6 is 11.6 Å². The lowest BCUT2D eigenvalue weighted by Crippen LogP contribution is -2.11. The molecule has 0 saturated heterocycles. The van der Waals surface area contributed by atoms with E-state index in [1.807, 2.05) is 6.07 Å². The summed E-state index contributed by atoms with van der Waals surface area (Å²) in [6.45, 7) is 0.340. The number of nitrogens with zero attached hydrogens (tertiary/aromatic N) is 2. The van der Waals surface area contributed by atoms with Gasteiger partial charge in [0.25, 0.3) is 0 Å². The molecule has 1 aliphatic rings. The average Bonchev–Trinajstić information content (AvgIpc) is 3.34. The first-order valence-corrected chi connectivity index (χ1v) is 7.50. The minimum Gasteiger partial charge on any atom is -0.395 e. The molecule has 1 fully saturated rings. The predicted molar refractivity (Wildman–Crippen MR) is 84.3 cm³/mol. The summed E-state index contributed by atoms with van der Waals surface area (Å²) >= 11 is 6.02. The summed E-state index contributed by atoms with van der Waals surface area (Å²) in [5.74, 6) is 0.871. The van der Waals surface area contributed by atoms with E-state index < -0.39 is 5.82 Å². The molecule has 0 atom stereocenters. The maximum atomic E-state index is 13.9. The van der Waals surface area contributed by atoms with Crippen molar-refractivity contribution >= 4 is 29.1 Å². The molecule has 3 rings (SSSR count). The number of rotatable bonds is 6. The summed E-state index contributed by atoms with van der Waals surface area (Å²) in [5, 5.41) is 15.0. The molecule has 0 amide bonds. The van der Waals surface area contributed by atoms with Crippen LogP contribution in [0.25, 0.3) is 0 Å². The van der Waals surface area contributed by atoms with Crippen LogP contribution in [0.2, 0.25) is 5.02 Å². The van der Waals surface area contributed by atoms with Crippen LogP contribution in [0.15, 0.2) is 24.3 Å². The number of hydrogen-bond acceptors (Lipinski definition) is 5. The number of hydrogen-bond donors (Lipinski definition) is 3. The van der Waals surface area contributed by atoms with E-state index in [2.05, 4.69) is 20.6 Å². The van der Waals surface area contributed by atoms with Crippen LogP contribution in [0, 0.1) is 5.82 Å². The van der Waals surface area contributed by atoms with Gasteiger partial charge in [-0.15, -0.1) is 0 Å². The van der Waals surface area contributed by atoms with Gasteiger partial charge < -0.3 is 15.7 Å². The fourth-order valence-electron chi connectivity index (χ4n) is 2.11. The van der Waals surface area contributed by atoms with Crippen molar-refractivity contribution in [3.8, 4) is 0 Å². The van der Waals surface area contributed by atoms with E-state index in [-0.39, 0.29) is 17.3 Å². The molecule has 0 unspecified atom stereocenters. The van der Waals surface area contributed by atoms with Crippen molar-refractivity contribution in [3.63, 3.8) is 0 Å². The number of benzene rings is 1. The monoisotopic (exact) mass is 322 g/mol. The fraction of sp³-hybridized carbons (Fsp3) is 0.333. The highest BCUT2D eigenvalue weighted by molar-refractivity contribution is 6.33. The molecule has 2 aromatic rings. The highest BCUT2D eigenvalue weighted by Gasteiger charge is 2.26. The minimum absolute atomic E-state index is 0.0150. The Kier molecular flexibility index (Phi) is 4.40. The lowest BCUT2D eigenvalue weighted by molar-refractivity contribution is 0.311. The van der Waals surface area contributed by atoms with Gasteiger partial charge >= 0.3 is 0 Å². The molecule has 1 saturated carbocycles. The lowest BCUT2D eigenvalue weighted by atomic mass is 10.2. The van der Waals surface area contributed by atoms with Gasteiger partial charge in [-0.2, -0.15) is 4.98 Å². The van der Waals surface area contributed by atoms with Crippen LogP contribution in [0.5, 0.6) is 0 Å². The minimum atomic E-state index is -0.441. The zero-order valence-electron chi connectivity index (χ0n) is 11.8. The molecule has 7 heteroatoms. The highest BCUT2D eigenvalue weighted by Crippen LogP contribution is 2.40. The molecule has 1 aliphatic carbocycles. The van der Waals surface area contributed by atoms with Gasteiger partial charge in [0.15, 0.2) is 0 Å². The Morgan fingerprint density at radius 1 is 1.32 bits per heavy atom. The van der Waals surface area contributed by atoms with Gasteiger partial charge in [0, 0.05) is 18.5 Å². The molecule has 1 aromatic carbocycles.